The number of pyridine rings is 2. The largest absolute Gasteiger partial charge is 0.370 e. The van der Waals surface area contributed by atoms with Gasteiger partial charge in [-0.05, 0) is 36.6 Å². The number of benzene rings is 1. The maximum absolute atomic E-state index is 4.73. The van der Waals surface area contributed by atoms with Crippen molar-refractivity contribution in [1.29, 1.82) is 0 Å². The maximum Gasteiger partial charge on any atom is 0.113 e. The van der Waals surface area contributed by atoms with Gasteiger partial charge in [-0.1, -0.05) is 24.3 Å². The second-order valence-corrected chi connectivity index (χ2v) is 7.41. The number of nitrogens with zero attached hydrogens (tertiary/aromatic N) is 5. The molecule has 0 N–H and O–H groups in total. The first-order valence-electron chi connectivity index (χ1n) is 9.87. The van der Waals surface area contributed by atoms with E-state index in [4.69, 9.17) is 4.98 Å². The number of para-hydroxylation sites is 1. The van der Waals surface area contributed by atoms with Crippen LogP contribution < -0.4 is 4.90 Å². The number of anilines is 1. The molecule has 3 aromatic heterocycles. The van der Waals surface area contributed by atoms with Crippen molar-refractivity contribution in [3.63, 3.8) is 0 Å². The number of fused-ring (bicyclic) bond motifs is 1. The summed E-state index contributed by atoms with van der Waals surface area (Å²) < 4.78 is 2.27. The molecule has 0 amide bonds. The number of hydrogen-bond acceptors (Lipinski definition) is 4. The summed E-state index contributed by atoms with van der Waals surface area (Å²) in [6, 6.07) is 14.6. The molecule has 1 aliphatic rings. The van der Waals surface area contributed by atoms with E-state index in [2.05, 4.69) is 56.0 Å². The van der Waals surface area contributed by atoms with Gasteiger partial charge in [0, 0.05) is 61.1 Å². The van der Waals surface area contributed by atoms with Crippen molar-refractivity contribution in [2.24, 2.45) is 0 Å². The molecule has 1 saturated heterocycles. The normalized spacial score (nSPS) is 17.1. The molecule has 5 nitrogen and oxygen atoms in total. The predicted octanol–water partition coefficient (Wildman–Crippen LogP) is 4.26. The second-order valence-electron chi connectivity index (χ2n) is 7.41. The fourth-order valence-electron chi connectivity index (χ4n) is 4.27. The topological polar surface area (TPSA) is 46.8 Å². The molecule has 4 heterocycles. The maximum atomic E-state index is 4.73. The van der Waals surface area contributed by atoms with Crippen LogP contribution in [0.5, 0.6) is 0 Å². The fourth-order valence-corrected chi connectivity index (χ4v) is 4.27. The van der Waals surface area contributed by atoms with Gasteiger partial charge >= 0.3 is 0 Å². The van der Waals surface area contributed by atoms with Crippen molar-refractivity contribution < 1.29 is 0 Å². The molecule has 5 rings (SSSR count). The molecule has 1 fully saturated rings. The quantitative estimate of drug-likeness (QED) is 0.539. The molecule has 0 spiro atoms. The van der Waals surface area contributed by atoms with E-state index in [1.54, 1.807) is 0 Å². The van der Waals surface area contributed by atoms with Crippen LogP contribution >= 0.6 is 0 Å². The van der Waals surface area contributed by atoms with Crippen LogP contribution in [0.1, 0.15) is 30.1 Å². The minimum Gasteiger partial charge on any atom is -0.370 e. The summed E-state index contributed by atoms with van der Waals surface area (Å²) in [6.07, 6.45) is 12.0. The molecular weight excluding hydrogens is 346 g/mol. The molecule has 0 radical (unpaired) electrons. The number of rotatable bonds is 4. The lowest BCUT2D eigenvalue weighted by molar-refractivity contribution is 0.477. The van der Waals surface area contributed by atoms with Gasteiger partial charge < -0.3 is 9.47 Å². The molecule has 140 valence electrons. The van der Waals surface area contributed by atoms with E-state index in [-0.39, 0.29) is 0 Å². The van der Waals surface area contributed by atoms with E-state index in [0.717, 1.165) is 25.2 Å². The Balaban J connectivity index is 1.42. The fraction of sp³-hybridized carbons (Fsp3) is 0.261. The van der Waals surface area contributed by atoms with Gasteiger partial charge in [0.2, 0.25) is 0 Å². The van der Waals surface area contributed by atoms with Gasteiger partial charge in [-0.3, -0.25) is 9.97 Å². The third-order valence-electron chi connectivity index (χ3n) is 5.58. The van der Waals surface area contributed by atoms with Crippen LogP contribution in [0.25, 0.3) is 10.9 Å². The summed E-state index contributed by atoms with van der Waals surface area (Å²) in [5.41, 5.74) is 3.54. The third-order valence-corrected chi connectivity index (χ3v) is 5.58. The number of aromatic nitrogens is 4. The first-order chi connectivity index (χ1) is 13.9. The van der Waals surface area contributed by atoms with E-state index in [9.17, 15) is 0 Å². The Hall–Kier alpha value is -3.21. The van der Waals surface area contributed by atoms with E-state index in [1.165, 1.54) is 35.3 Å². The summed E-state index contributed by atoms with van der Waals surface area (Å²) in [7, 11) is 0. The minimum absolute atomic E-state index is 0.423. The van der Waals surface area contributed by atoms with Crippen LogP contribution in [-0.2, 0) is 6.54 Å². The molecule has 0 unspecified atom stereocenters. The average Bonchev–Trinajstić information content (AvgIpc) is 3.22. The molecule has 0 saturated carbocycles. The summed E-state index contributed by atoms with van der Waals surface area (Å²) in [5, 5.41) is 1.23. The Kier molecular flexibility index (Phi) is 4.49. The zero-order valence-corrected chi connectivity index (χ0v) is 15.8. The van der Waals surface area contributed by atoms with E-state index < -0.39 is 0 Å². The van der Waals surface area contributed by atoms with Crippen molar-refractivity contribution in [2.75, 3.05) is 18.0 Å². The van der Waals surface area contributed by atoms with Gasteiger partial charge in [-0.15, -0.1) is 0 Å². The Labute approximate surface area is 164 Å². The lowest BCUT2D eigenvalue weighted by Crippen LogP contribution is -2.35. The molecule has 0 bridgehead atoms. The van der Waals surface area contributed by atoms with Gasteiger partial charge in [0.25, 0.3) is 0 Å². The minimum atomic E-state index is 0.423. The molecule has 5 heteroatoms. The van der Waals surface area contributed by atoms with Crippen LogP contribution in [0.4, 0.5) is 5.69 Å². The standard InChI is InChI=1S/C23H23N5/c1-2-8-21-20(7-1)22(9-11-25-21)27-13-4-6-19(17-27)23-26-12-14-28(23)16-18-5-3-10-24-15-18/h1-3,5,7-12,14-15,19H,4,6,13,16-17H2/t19-/m0/s1. The zero-order chi connectivity index (χ0) is 18.8. The summed E-state index contributed by atoms with van der Waals surface area (Å²) in [5.74, 6) is 1.60. The predicted molar refractivity (Wildman–Crippen MR) is 111 cm³/mol. The Morgan fingerprint density at radius 2 is 1.93 bits per heavy atom. The van der Waals surface area contributed by atoms with Gasteiger partial charge in [-0.2, -0.15) is 0 Å². The molecule has 1 atom stereocenters. The van der Waals surface area contributed by atoms with Gasteiger partial charge in [0.1, 0.15) is 5.82 Å². The Bertz CT molecular complexity index is 1070. The van der Waals surface area contributed by atoms with E-state index in [0.29, 0.717) is 5.92 Å². The van der Waals surface area contributed by atoms with Gasteiger partial charge in [0.05, 0.1) is 12.1 Å². The molecule has 1 aromatic carbocycles. The SMILES string of the molecule is c1cncc(Cn2ccnc2[C@H]2CCCN(c3ccnc4ccccc34)C2)c1. The molecule has 4 aromatic rings. The Morgan fingerprint density at radius 3 is 2.86 bits per heavy atom. The van der Waals surface area contributed by atoms with E-state index in [1.807, 2.05) is 36.9 Å². The molecule has 28 heavy (non-hydrogen) atoms. The van der Waals surface area contributed by atoms with Crippen LogP contribution in [0.2, 0.25) is 0 Å². The highest BCUT2D eigenvalue weighted by Gasteiger charge is 2.25. The lowest BCUT2D eigenvalue weighted by atomic mass is 9.96. The first-order valence-corrected chi connectivity index (χ1v) is 9.87. The van der Waals surface area contributed by atoms with Crippen LogP contribution in [0.3, 0.4) is 0 Å². The van der Waals surface area contributed by atoms with Gasteiger partial charge in [-0.25, -0.2) is 4.98 Å². The monoisotopic (exact) mass is 369 g/mol. The second kappa shape index (κ2) is 7.43. The average molecular weight is 369 g/mol. The molecular formula is C23H23N5. The van der Waals surface area contributed by atoms with Crippen molar-refractivity contribution in [1.82, 2.24) is 19.5 Å². The number of hydrogen-bond donors (Lipinski definition) is 0. The van der Waals surface area contributed by atoms with Crippen molar-refractivity contribution in [2.45, 2.75) is 25.3 Å². The van der Waals surface area contributed by atoms with Crippen LogP contribution in [0.15, 0.2) is 73.4 Å². The highest BCUT2D eigenvalue weighted by molar-refractivity contribution is 5.91. The Morgan fingerprint density at radius 1 is 0.964 bits per heavy atom. The zero-order valence-electron chi connectivity index (χ0n) is 15.8. The molecule has 1 aliphatic heterocycles. The number of piperidine rings is 1. The highest BCUT2D eigenvalue weighted by atomic mass is 15.2. The van der Waals surface area contributed by atoms with Crippen molar-refractivity contribution in [3.8, 4) is 0 Å². The summed E-state index contributed by atoms with van der Waals surface area (Å²) in [4.78, 5) is 16.0. The van der Waals surface area contributed by atoms with E-state index >= 15 is 0 Å². The van der Waals surface area contributed by atoms with Crippen molar-refractivity contribution >= 4 is 16.6 Å². The third kappa shape index (κ3) is 3.24. The van der Waals surface area contributed by atoms with Gasteiger partial charge in [0.15, 0.2) is 0 Å². The summed E-state index contributed by atoms with van der Waals surface area (Å²) >= 11 is 0. The van der Waals surface area contributed by atoms with Crippen LogP contribution in [-0.4, -0.2) is 32.6 Å². The molecule has 0 aliphatic carbocycles. The number of imidazole rings is 1. The van der Waals surface area contributed by atoms with Crippen molar-refractivity contribution in [3.05, 3.63) is 84.8 Å². The smallest absolute Gasteiger partial charge is 0.113 e. The van der Waals surface area contributed by atoms with Crippen LogP contribution in [0, 0.1) is 0 Å². The first kappa shape index (κ1) is 16.9. The highest BCUT2D eigenvalue weighted by Crippen LogP contribution is 2.32. The summed E-state index contributed by atoms with van der Waals surface area (Å²) in [6.45, 7) is 2.88. The lowest BCUT2D eigenvalue weighted by Gasteiger charge is -2.35.